The fourth-order valence-corrected chi connectivity index (χ4v) is 1.71. The van der Waals surface area contributed by atoms with Crippen LogP contribution in [0, 0.1) is 0 Å². The summed E-state index contributed by atoms with van der Waals surface area (Å²) < 4.78 is 5.02. The van der Waals surface area contributed by atoms with E-state index in [9.17, 15) is 4.79 Å². The quantitative estimate of drug-likeness (QED) is 0.778. The number of carboxylic acids is 1. The van der Waals surface area contributed by atoms with E-state index < -0.39 is 5.97 Å². The van der Waals surface area contributed by atoms with Gasteiger partial charge in [-0.3, -0.25) is 0 Å². The minimum atomic E-state index is -0.933. The zero-order chi connectivity index (χ0) is 13.5. The van der Waals surface area contributed by atoms with Gasteiger partial charge in [0.1, 0.15) is 5.82 Å². The first kappa shape index (κ1) is 14.4. The van der Waals surface area contributed by atoms with E-state index >= 15 is 0 Å². The molecule has 0 aromatic carbocycles. The van der Waals surface area contributed by atoms with Crippen molar-refractivity contribution in [2.24, 2.45) is 0 Å². The van der Waals surface area contributed by atoms with Crippen molar-refractivity contribution in [2.45, 2.75) is 32.7 Å². The van der Waals surface area contributed by atoms with Crippen LogP contribution in [0.25, 0.3) is 0 Å². The van der Waals surface area contributed by atoms with Gasteiger partial charge >= 0.3 is 5.97 Å². The number of rotatable bonds is 7. The third-order valence-electron chi connectivity index (χ3n) is 2.44. The molecular weight excluding hydrogens is 232 g/mol. The molecule has 0 aliphatic heterocycles. The van der Waals surface area contributed by atoms with Gasteiger partial charge < -0.3 is 15.2 Å². The summed E-state index contributed by atoms with van der Waals surface area (Å²) in [7, 11) is 1.63. The molecule has 0 aliphatic rings. The SMILES string of the molecule is CCCc1cc(C(=O)O)cc(NC(C)COC)n1. The molecule has 0 radical (unpaired) electrons. The van der Waals surface area contributed by atoms with Crippen molar-refractivity contribution in [1.29, 1.82) is 0 Å². The first-order chi connectivity index (χ1) is 8.56. The second-order valence-electron chi connectivity index (χ2n) is 4.29. The van der Waals surface area contributed by atoms with Crippen molar-refractivity contribution in [3.63, 3.8) is 0 Å². The summed E-state index contributed by atoms with van der Waals surface area (Å²) in [6, 6.07) is 3.26. The van der Waals surface area contributed by atoms with E-state index in [4.69, 9.17) is 9.84 Å². The molecule has 0 fully saturated rings. The van der Waals surface area contributed by atoms with Crippen molar-refractivity contribution in [3.05, 3.63) is 23.4 Å². The van der Waals surface area contributed by atoms with Gasteiger partial charge in [0.15, 0.2) is 0 Å². The molecule has 0 bridgehead atoms. The maximum absolute atomic E-state index is 11.0. The molecule has 0 saturated carbocycles. The highest BCUT2D eigenvalue weighted by Crippen LogP contribution is 2.13. The Balaban J connectivity index is 2.91. The fraction of sp³-hybridized carbons (Fsp3) is 0.538. The van der Waals surface area contributed by atoms with E-state index in [1.54, 1.807) is 19.2 Å². The number of aryl methyl sites for hydroxylation is 1. The molecule has 0 amide bonds. The highest BCUT2D eigenvalue weighted by atomic mass is 16.5. The average molecular weight is 252 g/mol. The first-order valence-corrected chi connectivity index (χ1v) is 6.06. The molecule has 1 atom stereocenters. The molecule has 1 heterocycles. The van der Waals surface area contributed by atoms with Crippen LogP contribution in [0.1, 0.15) is 36.3 Å². The third kappa shape index (κ3) is 4.33. The fourth-order valence-electron chi connectivity index (χ4n) is 1.71. The summed E-state index contributed by atoms with van der Waals surface area (Å²) in [5, 5.41) is 12.2. The van der Waals surface area contributed by atoms with Crippen molar-refractivity contribution in [1.82, 2.24) is 4.98 Å². The van der Waals surface area contributed by atoms with E-state index in [1.807, 2.05) is 13.8 Å². The predicted octanol–water partition coefficient (Wildman–Crippen LogP) is 2.18. The number of carboxylic acid groups (broad SMARTS) is 1. The zero-order valence-corrected chi connectivity index (χ0v) is 11.1. The normalized spacial score (nSPS) is 12.2. The topological polar surface area (TPSA) is 71.5 Å². The van der Waals surface area contributed by atoms with Gasteiger partial charge in [-0.1, -0.05) is 13.3 Å². The van der Waals surface area contributed by atoms with Gasteiger partial charge in [0.05, 0.1) is 12.2 Å². The number of aromatic carboxylic acids is 1. The minimum Gasteiger partial charge on any atom is -0.478 e. The van der Waals surface area contributed by atoms with E-state index in [-0.39, 0.29) is 11.6 Å². The highest BCUT2D eigenvalue weighted by molar-refractivity contribution is 5.88. The van der Waals surface area contributed by atoms with Gasteiger partial charge in [-0.15, -0.1) is 0 Å². The van der Waals surface area contributed by atoms with Crippen LogP contribution >= 0.6 is 0 Å². The number of nitrogens with one attached hydrogen (secondary N) is 1. The van der Waals surface area contributed by atoms with Crippen molar-refractivity contribution < 1.29 is 14.6 Å². The second kappa shape index (κ2) is 6.96. The summed E-state index contributed by atoms with van der Waals surface area (Å²) in [5.74, 6) is -0.347. The average Bonchev–Trinajstić information content (AvgIpc) is 2.29. The summed E-state index contributed by atoms with van der Waals surface area (Å²) >= 11 is 0. The standard InChI is InChI=1S/C13H20N2O3/c1-4-5-11-6-10(13(16)17)7-12(15-11)14-9(2)8-18-3/h6-7,9H,4-5,8H2,1-3H3,(H,14,15)(H,16,17). The number of pyridine rings is 1. The number of methoxy groups -OCH3 is 1. The number of carbonyl (C=O) groups is 1. The Hall–Kier alpha value is -1.62. The molecule has 0 saturated heterocycles. The lowest BCUT2D eigenvalue weighted by Crippen LogP contribution is -2.22. The molecule has 18 heavy (non-hydrogen) atoms. The van der Waals surface area contributed by atoms with Gasteiger partial charge in [0.2, 0.25) is 0 Å². The van der Waals surface area contributed by atoms with Crippen LogP contribution in [0.3, 0.4) is 0 Å². The van der Waals surface area contributed by atoms with Crippen LogP contribution in [0.5, 0.6) is 0 Å². The van der Waals surface area contributed by atoms with Crippen LogP contribution in [0.2, 0.25) is 0 Å². The van der Waals surface area contributed by atoms with Crippen LogP contribution in [-0.2, 0) is 11.2 Å². The van der Waals surface area contributed by atoms with Gasteiger partial charge in [0, 0.05) is 18.8 Å². The van der Waals surface area contributed by atoms with Gasteiger partial charge in [-0.05, 0) is 25.5 Å². The first-order valence-electron chi connectivity index (χ1n) is 6.06. The number of hydrogen-bond acceptors (Lipinski definition) is 4. The van der Waals surface area contributed by atoms with Gasteiger partial charge in [-0.25, -0.2) is 9.78 Å². The highest BCUT2D eigenvalue weighted by Gasteiger charge is 2.10. The Kier molecular flexibility index (Phi) is 5.58. The Morgan fingerprint density at radius 3 is 2.83 bits per heavy atom. The molecule has 1 aromatic rings. The number of anilines is 1. The maximum Gasteiger partial charge on any atom is 0.335 e. The second-order valence-corrected chi connectivity index (χ2v) is 4.29. The van der Waals surface area contributed by atoms with Crippen LogP contribution in [0.4, 0.5) is 5.82 Å². The molecule has 1 aromatic heterocycles. The van der Waals surface area contributed by atoms with Gasteiger partial charge in [-0.2, -0.15) is 0 Å². The van der Waals surface area contributed by atoms with Crippen molar-refractivity contribution >= 4 is 11.8 Å². The van der Waals surface area contributed by atoms with E-state index in [2.05, 4.69) is 10.3 Å². The molecular formula is C13H20N2O3. The molecule has 1 unspecified atom stereocenters. The van der Waals surface area contributed by atoms with Crippen LogP contribution in [-0.4, -0.2) is 35.8 Å². The Bertz CT molecular complexity index is 407. The summed E-state index contributed by atoms with van der Waals surface area (Å²) in [5.41, 5.74) is 1.06. The smallest absolute Gasteiger partial charge is 0.335 e. The molecule has 100 valence electrons. The van der Waals surface area contributed by atoms with E-state index in [1.165, 1.54) is 0 Å². The van der Waals surface area contributed by atoms with E-state index in [0.29, 0.717) is 12.4 Å². The Morgan fingerprint density at radius 2 is 2.28 bits per heavy atom. The lowest BCUT2D eigenvalue weighted by atomic mass is 10.1. The molecule has 0 aliphatic carbocycles. The third-order valence-corrected chi connectivity index (χ3v) is 2.44. The van der Waals surface area contributed by atoms with E-state index in [0.717, 1.165) is 18.5 Å². The largest absolute Gasteiger partial charge is 0.478 e. The summed E-state index contributed by atoms with van der Waals surface area (Å²) in [6.45, 7) is 4.54. The lowest BCUT2D eigenvalue weighted by Gasteiger charge is -2.14. The number of hydrogen-bond donors (Lipinski definition) is 2. The summed E-state index contributed by atoms with van der Waals surface area (Å²) in [4.78, 5) is 15.4. The van der Waals surface area contributed by atoms with Gasteiger partial charge in [0.25, 0.3) is 0 Å². The Labute approximate surface area is 107 Å². The number of nitrogens with zero attached hydrogens (tertiary/aromatic N) is 1. The molecule has 2 N–H and O–H groups in total. The molecule has 5 nitrogen and oxygen atoms in total. The molecule has 1 rings (SSSR count). The minimum absolute atomic E-state index is 0.0843. The molecule has 0 spiro atoms. The van der Waals surface area contributed by atoms with Crippen LogP contribution in [0.15, 0.2) is 12.1 Å². The number of ether oxygens (including phenoxy) is 1. The summed E-state index contributed by atoms with van der Waals surface area (Å²) in [6.07, 6.45) is 1.71. The maximum atomic E-state index is 11.0. The van der Waals surface area contributed by atoms with Crippen molar-refractivity contribution in [2.75, 3.05) is 19.0 Å². The lowest BCUT2D eigenvalue weighted by molar-refractivity contribution is 0.0696. The monoisotopic (exact) mass is 252 g/mol. The Morgan fingerprint density at radius 1 is 1.56 bits per heavy atom. The van der Waals surface area contributed by atoms with Crippen molar-refractivity contribution in [3.8, 4) is 0 Å². The zero-order valence-electron chi connectivity index (χ0n) is 11.1. The predicted molar refractivity (Wildman–Crippen MR) is 70.2 cm³/mol. The van der Waals surface area contributed by atoms with Crippen LogP contribution < -0.4 is 5.32 Å². The number of aromatic nitrogens is 1. The molecule has 5 heteroatoms.